The molecule has 1 amide bonds. The molecule has 0 fully saturated rings. The summed E-state index contributed by atoms with van der Waals surface area (Å²) in [6.07, 6.45) is 1.31. The highest BCUT2D eigenvalue weighted by molar-refractivity contribution is 6.02. The van der Waals surface area contributed by atoms with Crippen molar-refractivity contribution in [3.63, 3.8) is 0 Å². The van der Waals surface area contributed by atoms with Gasteiger partial charge in [-0.05, 0) is 18.4 Å². The fraction of sp³-hybridized carbons (Fsp3) is 0.429. The molecule has 19 heavy (non-hydrogen) atoms. The van der Waals surface area contributed by atoms with Crippen LogP contribution in [0.1, 0.15) is 18.9 Å². The Morgan fingerprint density at radius 2 is 2.05 bits per heavy atom. The lowest BCUT2D eigenvalue weighted by molar-refractivity contribution is -0.132. The van der Waals surface area contributed by atoms with Crippen LogP contribution in [0.15, 0.2) is 35.5 Å². The zero-order valence-electron chi connectivity index (χ0n) is 11.4. The van der Waals surface area contributed by atoms with Crippen LogP contribution in [0, 0.1) is 5.92 Å². The van der Waals surface area contributed by atoms with Crippen molar-refractivity contribution in [2.24, 2.45) is 16.8 Å². The Labute approximate surface area is 113 Å². The first-order chi connectivity index (χ1) is 9.10. The summed E-state index contributed by atoms with van der Waals surface area (Å²) in [5.74, 6) is -0.790. The number of benzene rings is 1. The van der Waals surface area contributed by atoms with Gasteiger partial charge in [-0.1, -0.05) is 42.4 Å². The van der Waals surface area contributed by atoms with E-state index in [0.717, 1.165) is 12.0 Å². The highest BCUT2D eigenvalue weighted by Crippen LogP contribution is 2.12. The van der Waals surface area contributed by atoms with Gasteiger partial charge in [0.1, 0.15) is 5.92 Å². The zero-order valence-corrected chi connectivity index (χ0v) is 11.4. The van der Waals surface area contributed by atoms with Crippen molar-refractivity contribution >= 4 is 11.7 Å². The molecule has 1 aromatic carbocycles. The Morgan fingerprint density at radius 1 is 1.42 bits per heavy atom. The average Bonchev–Trinajstić information content (AvgIpc) is 2.44. The predicted molar refractivity (Wildman–Crippen MR) is 75.0 cm³/mol. The van der Waals surface area contributed by atoms with Crippen LogP contribution in [-0.4, -0.2) is 35.4 Å². The number of hydrogen-bond acceptors (Lipinski definition) is 3. The summed E-state index contributed by atoms with van der Waals surface area (Å²) in [7, 11) is 1.73. The molecule has 0 aliphatic carbocycles. The molecule has 1 aromatic rings. The molecular formula is C14H21N3O2. The summed E-state index contributed by atoms with van der Waals surface area (Å²) in [6, 6.07) is 9.56. The molecule has 3 N–H and O–H groups in total. The molecule has 0 heterocycles. The maximum absolute atomic E-state index is 12.3. The molecule has 1 atom stereocenters. The number of nitrogens with two attached hydrogens (primary N) is 1. The summed E-state index contributed by atoms with van der Waals surface area (Å²) in [6.45, 7) is 2.66. The molecule has 0 aromatic heterocycles. The van der Waals surface area contributed by atoms with Crippen molar-refractivity contribution in [3.05, 3.63) is 35.9 Å². The van der Waals surface area contributed by atoms with E-state index < -0.39 is 5.92 Å². The quantitative estimate of drug-likeness (QED) is 0.353. The molecule has 5 heteroatoms. The number of amidine groups is 1. The van der Waals surface area contributed by atoms with Gasteiger partial charge in [-0.2, -0.15) is 0 Å². The van der Waals surface area contributed by atoms with E-state index >= 15 is 0 Å². The second-order valence-corrected chi connectivity index (χ2v) is 4.53. The SMILES string of the molecule is CCCN(C)C(=O)C(Cc1ccccc1)C(N)=NO. The minimum absolute atomic E-state index is 0.0446. The van der Waals surface area contributed by atoms with Crippen molar-refractivity contribution < 1.29 is 10.0 Å². The summed E-state index contributed by atoms with van der Waals surface area (Å²) in [5, 5.41) is 11.8. The third-order valence-corrected chi connectivity index (χ3v) is 2.99. The largest absolute Gasteiger partial charge is 0.409 e. The molecule has 104 valence electrons. The number of carbonyl (C=O) groups is 1. The lowest BCUT2D eigenvalue weighted by Crippen LogP contribution is -2.41. The third-order valence-electron chi connectivity index (χ3n) is 2.99. The van der Waals surface area contributed by atoms with Gasteiger partial charge in [-0.25, -0.2) is 0 Å². The monoisotopic (exact) mass is 263 g/mol. The maximum Gasteiger partial charge on any atom is 0.233 e. The number of hydrogen-bond donors (Lipinski definition) is 2. The van der Waals surface area contributed by atoms with Gasteiger partial charge >= 0.3 is 0 Å². The molecule has 0 aliphatic heterocycles. The number of rotatable bonds is 6. The van der Waals surface area contributed by atoms with Gasteiger partial charge in [0.15, 0.2) is 5.84 Å². The molecule has 1 unspecified atom stereocenters. The van der Waals surface area contributed by atoms with Crippen LogP contribution in [0.4, 0.5) is 0 Å². The summed E-state index contributed by atoms with van der Waals surface area (Å²) < 4.78 is 0. The van der Waals surface area contributed by atoms with Gasteiger partial charge in [0, 0.05) is 13.6 Å². The van der Waals surface area contributed by atoms with Gasteiger partial charge < -0.3 is 15.8 Å². The second-order valence-electron chi connectivity index (χ2n) is 4.53. The van der Waals surface area contributed by atoms with Crippen LogP contribution in [0.3, 0.4) is 0 Å². The predicted octanol–water partition coefficient (Wildman–Crippen LogP) is 1.46. The Balaban J connectivity index is 2.87. The Hall–Kier alpha value is -2.04. The first kappa shape index (κ1) is 15.0. The molecule has 0 saturated carbocycles. The van der Waals surface area contributed by atoms with Crippen LogP contribution in [0.5, 0.6) is 0 Å². The van der Waals surface area contributed by atoms with E-state index in [1.807, 2.05) is 37.3 Å². The van der Waals surface area contributed by atoms with Crippen LogP contribution in [0.2, 0.25) is 0 Å². The molecule has 0 aliphatic rings. The third kappa shape index (κ3) is 4.28. The fourth-order valence-corrected chi connectivity index (χ4v) is 1.95. The molecule has 0 saturated heterocycles. The lowest BCUT2D eigenvalue weighted by atomic mass is 9.97. The highest BCUT2D eigenvalue weighted by Gasteiger charge is 2.26. The molecule has 5 nitrogen and oxygen atoms in total. The summed E-state index contributed by atoms with van der Waals surface area (Å²) in [4.78, 5) is 13.9. The molecule has 1 rings (SSSR count). The van der Waals surface area contributed by atoms with Crippen LogP contribution in [-0.2, 0) is 11.2 Å². The van der Waals surface area contributed by atoms with Crippen LogP contribution >= 0.6 is 0 Å². The van der Waals surface area contributed by atoms with Crippen LogP contribution in [0.25, 0.3) is 0 Å². The van der Waals surface area contributed by atoms with E-state index in [2.05, 4.69) is 5.16 Å². The van der Waals surface area contributed by atoms with E-state index in [9.17, 15) is 4.79 Å². The normalized spacial score (nSPS) is 13.1. The van der Waals surface area contributed by atoms with Gasteiger partial charge in [0.05, 0.1) is 0 Å². The minimum atomic E-state index is -0.621. The molecular weight excluding hydrogens is 242 g/mol. The number of amides is 1. The van der Waals surface area contributed by atoms with E-state index in [-0.39, 0.29) is 11.7 Å². The molecule has 0 bridgehead atoms. The van der Waals surface area contributed by atoms with Gasteiger partial charge in [0.2, 0.25) is 5.91 Å². The smallest absolute Gasteiger partial charge is 0.233 e. The molecule has 0 radical (unpaired) electrons. The van der Waals surface area contributed by atoms with Crippen molar-refractivity contribution in [2.45, 2.75) is 19.8 Å². The molecule has 0 spiro atoms. The van der Waals surface area contributed by atoms with Crippen molar-refractivity contribution in [1.82, 2.24) is 4.90 Å². The number of carbonyl (C=O) groups excluding carboxylic acids is 1. The van der Waals surface area contributed by atoms with E-state index in [4.69, 9.17) is 10.9 Å². The van der Waals surface area contributed by atoms with Gasteiger partial charge in [-0.15, -0.1) is 0 Å². The average molecular weight is 263 g/mol. The van der Waals surface area contributed by atoms with E-state index in [1.165, 1.54) is 0 Å². The van der Waals surface area contributed by atoms with Gasteiger partial charge in [0.25, 0.3) is 0 Å². The topological polar surface area (TPSA) is 78.9 Å². The first-order valence-electron chi connectivity index (χ1n) is 6.36. The first-order valence-corrected chi connectivity index (χ1v) is 6.36. The zero-order chi connectivity index (χ0) is 14.3. The van der Waals surface area contributed by atoms with Crippen molar-refractivity contribution in [3.8, 4) is 0 Å². The maximum atomic E-state index is 12.3. The van der Waals surface area contributed by atoms with E-state index in [1.54, 1.807) is 11.9 Å². The minimum Gasteiger partial charge on any atom is -0.409 e. The Bertz CT molecular complexity index is 432. The van der Waals surface area contributed by atoms with Gasteiger partial charge in [-0.3, -0.25) is 4.79 Å². The van der Waals surface area contributed by atoms with Crippen molar-refractivity contribution in [2.75, 3.05) is 13.6 Å². The lowest BCUT2D eigenvalue weighted by Gasteiger charge is -2.22. The number of nitrogens with zero attached hydrogens (tertiary/aromatic N) is 2. The van der Waals surface area contributed by atoms with Crippen molar-refractivity contribution in [1.29, 1.82) is 0 Å². The standard InChI is InChI=1S/C14H21N3O2/c1-3-9-17(2)14(18)12(13(15)16-19)10-11-7-5-4-6-8-11/h4-8,12,19H,3,9-10H2,1-2H3,(H2,15,16). The fourth-order valence-electron chi connectivity index (χ4n) is 1.95. The summed E-state index contributed by atoms with van der Waals surface area (Å²) >= 11 is 0. The Kier molecular flexibility index (Phi) is 5.85. The second kappa shape index (κ2) is 7.41. The van der Waals surface area contributed by atoms with Crippen LogP contribution < -0.4 is 5.73 Å². The summed E-state index contributed by atoms with van der Waals surface area (Å²) in [5.41, 5.74) is 6.64. The Morgan fingerprint density at radius 3 is 2.58 bits per heavy atom. The van der Waals surface area contributed by atoms with E-state index in [0.29, 0.717) is 13.0 Å². The highest BCUT2D eigenvalue weighted by atomic mass is 16.4. The number of oxime groups is 1.